The number of fused-ring (bicyclic) bond motifs is 1. The van der Waals surface area contributed by atoms with Gasteiger partial charge in [0.05, 0.1) is 16.9 Å². The van der Waals surface area contributed by atoms with Crippen LogP contribution in [0.3, 0.4) is 0 Å². The summed E-state index contributed by atoms with van der Waals surface area (Å²) in [5, 5.41) is 8.02. The van der Waals surface area contributed by atoms with Crippen LogP contribution in [0.2, 0.25) is 0 Å². The summed E-state index contributed by atoms with van der Waals surface area (Å²) < 4.78 is 6.93. The second kappa shape index (κ2) is 6.40. The van der Waals surface area contributed by atoms with Crippen LogP contribution in [0.5, 0.6) is 0 Å². The zero-order valence-corrected chi connectivity index (χ0v) is 14.3. The molecule has 4 aromatic rings. The molecule has 8 nitrogen and oxygen atoms in total. The monoisotopic (exact) mass is 348 g/mol. The molecule has 3 aromatic heterocycles. The molecule has 0 amide bonds. The van der Waals surface area contributed by atoms with E-state index in [0.717, 1.165) is 16.8 Å². The molecule has 4 rings (SSSR count). The van der Waals surface area contributed by atoms with Crippen molar-refractivity contribution in [2.75, 3.05) is 0 Å². The smallest absolute Gasteiger partial charge is 0.361 e. The number of benzene rings is 1. The van der Waals surface area contributed by atoms with E-state index in [1.165, 1.54) is 0 Å². The van der Waals surface area contributed by atoms with E-state index in [1.54, 1.807) is 17.8 Å². The average molecular weight is 348 g/mol. The van der Waals surface area contributed by atoms with E-state index >= 15 is 0 Å². The number of esters is 1. The molecular weight excluding hydrogens is 332 g/mol. The van der Waals surface area contributed by atoms with Crippen molar-refractivity contribution in [2.45, 2.75) is 20.5 Å². The van der Waals surface area contributed by atoms with Gasteiger partial charge in [-0.15, -0.1) is 5.10 Å². The Labute approximate surface area is 148 Å². The number of carbonyl (C=O) groups is 1. The maximum Gasteiger partial charge on any atom is 0.361 e. The van der Waals surface area contributed by atoms with Gasteiger partial charge in [-0.1, -0.05) is 22.9 Å². The SMILES string of the molecule is Cc1ccc(-n2nnc(C(=O)OCc3nc4ncccc4[nH]3)c2C)cc1. The maximum absolute atomic E-state index is 12.4. The van der Waals surface area contributed by atoms with E-state index in [4.69, 9.17) is 4.74 Å². The fourth-order valence-corrected chi connectivity index (χ4v) is 2.61. The number of aromatic nitrogens is 6. The van der Waals surface area contributed by atoms with E-state index < -0.39 is 5.97 Å². The number of aromatic amines is 1. The summed E-state index contributed by atoms with van der Waals surface area (Å²) in [6.07, 6.45) is 1.66. The van der Waals surface area contributed by atoms with Crippen molar-refractivity contribution in [3.05, 3.63) is 65.4 Å². The summed E-state index contributed by atoms with van der Waals surface area (Å²) in [6.45, 7) is 3.79. The molecular formula is C18H16N6O2. The molecule has 0 atom stereocenters. The number of nitrogens with one attached hydrogen (secondary N) is 1. The Kier molecular flexibility index (Phi) is 3.92. The minimum atomic E-state index is -0.547. The molecule has 0 unspecified atom stereocenters. The lowest BCUT2D eigenvalue weighted by Crippen LogP contribution is -2.09. The summed E-state index contributed by atoms with van der Waals surface area (Å²) in [5.74, 6) is -0.0232. The minimum absolute atomic E-state index is 0.00598. The van der Waals surface area contributed by atoms with Crippen molar-refractivity contribution in [1.29, 1.82) is 0 Å². The van der Waals surface area contributed by atoms with Gasteiger partial charge in [-0.3, -0.25) is 0 Å². The summed E-state index contributed by atoms with van der Waals surface area (Å²) in [6, 6.07) is 11.5. The third-order valence-electron chi connectivity index (χ3n) is 4.01. The van der Waals surface area contributed by atoms with E-state index in [9.17, 15) is 4.79 Å². The van der Waals surface area contributed by atoms with Gasteiger partial charge in [0.2, 0.25) is 0 Å². The third-order valence-corrected chi connectivity index (χ3v) is 4.01. The van der Waals surface area contributed by atoms with Crippen molar-refractivity contribution in [3.63, 3.8) is 0 Å². The number of aryl methyl sites for hydroxylation is 1. The molecule has 26 heavy (non-hydrogen) atoms. The average Bonchev–Trinajstić information content (AvgIpc) is 3.23. The molecule has 0 fully saturated rings. The lowest BCUT2D eigenvalue weighted by molar-refractivity contribution is 0.0455. The Hall–Kier alpha value is -3.55. The predicted octanol–water partition coefficient (Wildman–Crippen LogP) is 2.51. The van der Waals surface area contributed by atoms with Crippen LogP contribution in [0.4, 0.5) is 0 Å². The molecule has 0 saturated carbocycles. The second-order valence-corrected chi connectivity index (χ2v) is 5.91. The number of ether oxygens (including phenoxy) is 1. The summed E-state index contributed by atoms with van der Waals surface area (Å²) in [4.78, 5) is 23.8. The van der Waals surface area contributed by atoms with Crippen molar-refractivity contribution >= 4 is 17.1 Å². The highest BCUT2D eigenvalue weighted by molar-refractivity contribution is 5.88. The van der Waals surface area contributed by atoms with Gasteiger partial charge in [0, 0.05) is 6.20 Å². The number of imidazole rings is 1. The lowest BCUT2D eigenvalue weighted by Gasteiger charge is -2.04. The normalized spacial score (nSPS) is 11.0. The van der Waals surface area contributed by atoms with Crippen molar-refractivity contribution in [2.24, 2.45) is 0 Å². The fourth-order valence-electron chi connectivity index (χ4n) is 2.61. The molecule has 0 aliphatic rings. The molecule has 130 valence electrons. The van der Waals surface area contributed by atoms with Crippen molar-refractivity contribution in [1.82, 2.24) is 29.9 Å². The van der Waals surface area contributed by atoms with Crippen LogP contribution in [-0.2, 0) is 11.3 Å². The number of carbonyl (C=O) groups excluding carboxylic acids is 1. The first-order valence-corrected chi connectivity index (χ1v) is 8.08. The number of pyridine rings is 1. The Morgan fingerprint density at radius 2 is 2.00 bits per heavy atom. The quantitative estimate of drug-likeness (QED) is 0.569. The van der Waals surface area contributed by atoms with Gasteiger partial charge in [0.25, 0.3) is 0 Å². The van der Waals surface area contributed by atoms with Gasteiger partial charge in [0.1, 0.15) is 12.4 Å². The molecule has 0 spiro atoms. The van der Waals surface area contributed by atoms with Crippen LogP contribution in [0.15, 0.2) is 42.6 Å². The van der Waals surface area contributed by atoms with E-state index in [0.29, 0.717) is 17.2 Å². The topological polar surface area (TPSA) is 98.6 Å². The summed E-state index contributed by atoms with van der Waals surface area (Å²) in [7, 11) is 0. The number of nitrogens with zero attached hydrogens (tertiary/aromatic N) is 5. The summed E-state index contributed by atoms with van der Waals surface area (Å²) >= 11 is 0. The standard InChI is InChI=1S/C18H16N6O2/c1-11-5-7-13(8-6-11)24-12(2)16(22-23-24)18(25)26-10-15-20-14-4-3-9-19-17(14)21-15/h3-9H,10H2,1-2H3,(H,19,20,21). The molecule has 0 radical (unpaired) electrons. The largest absolute Gasteiger partial charge is 0.453 e. The van der Waals surface area contributed by atoms with Crippen LogP contribution in [0.1, 0.15) is 27.6 Å². The Morgan fingerprint density at radius 3 is 2.77 bits per heavy atom. The number of hydrogen-bond acceptors (Lipinski definition) is 6. The van der Waals surface area contributed by atoms with Crippen LogP contribution in [-0.4, -0.2) is 35.9 Å². The first-order chi connectivity index (χ1) is 12.6. The maximum atomic E-state index is 12.4. The van der Waals surface area contributed by atoms with E-state index in [-0.39, 0.29) is 12.3 Å². The van der Waals surface area contributed by atoms with E-state index in [1.807, 2.05) is 43.3 Å². The Morgan fingerprint density at radius 1 is 1.19 bits per heavy atom. The van der Waals surface area contributed by atoms with Gasteiger partial charge >= 0.3 is 5.97 Å². The number of H-pyrrole nitrogens is 1. The summed E-state index contributed by atoms with van der Waals surface area (Å²) in [5.41, 5.74) is 4.15. The van der Waals surface area contributed by atoms with E-state index in [2.05, 4.69) is 25.3 Å². The van der Waals surface area contributed by atoms with Gasteiger partial charge in [-0.25, -0.2) is 19.4 Å². The molecule has 3 heterocycles. The number of hydrogen-bond donors (Lipinski definition) is 1. The van der Waals surface area contributed by atoms with Crippen molar-refractivity contribution < 1.29 is 9.53 Å². The molecule has 1 aromatic carbocycles. The Balaban J connectivity index is 1.50. The van der Waals surface area contributed by atoms with Gasteiger partial charge in [0.15, 0.2) is 11.3 Å². The van der Waals surface area contributed by atoms with Gasteiger partial charge < -0.3 is 9.72 Å². The lowest BCUT2D eigenvalue weighted by atomic mass is 10.2. The fraction of sp³-hybridized carbons (Fsp3) is 0.167. The minimum Gasteiger partial charge on any atom is -0.453 e. The molecule has 8 heteroatoms. The molecule has 0 aliphatic heterocycles. The first-order valence-electron chi connectivity index (χ1n) is 8.08. The molecule has 0 bridgehead atoms. The van der Waals surface area contributed by atoms with Gasteiger partial charge in [-0.2, -0.15) is 0 Å². The van der Waals surface area contributed by atoms with Crippen molar-refractivity contribution in [3.8, 4) is 5.69 Å². The predicted molar refractivity (Wildman–Crippen MR) is 93.8 cm³/mol. The third kappa shape index (κ3) is 2.92. The first kappa shape index (κ1) is 15.9. The highest BCUT2D eigenvalue weighted by Crippen LogP contribution is 2.15. The van der Waals surface area contributed by atoms with Crippen LogP contribution < -0.4 is 0 Å². The zero-order valence-electron chi connectivity index (χ0n) is 14.3. The molecule has 0 aliphatic carbocycles. The zero-order chi connectivity index (χ0) is 18.1. The Bertz CT molecular complexity index is 1050. The van der Waals surface area contributed by atoms with Gasteiger partial charge in [-0.05, 0) is 38.1 Å². The highest BCUT2D eigenvalue weighted by atomic mass is 16.5. The number of rotatable bonds is 4. The second-order valence-electron chi connectivity index (χ2n) is 5.91. The highest BCUT2D eigenvalue weighted by Gasteiger charge is 2.19. The molecule has 0 saturated heterocycles. The van der Waals surface area contributed by atoms with Crippen LogP contribution >= 0.6 is 0 Å². The van der Waals surface area contributed by atoms with Crippen LogP contribution in [0, 0.1) is 13.8 Å². The van der Waals surface area contributed by atoms with Crippen LogP contribution in [0.25, 0.3) is 16.9 Å². The molecule has 1 N–H and O–H groups in total.